The summed E-state index contributed by atoms with van der Waals surface area (Å²) >= 11 is 0. The van der Waals surface area contributed by atoms with E-state index in [1.54, 1.807) is 0 Å². The van der Waals surface area contributed by atoms with Crippen molar-refractivity contribution in [2.75, 3.05) is 20.1 Å². The molecule has 2 atom stereocenters. The van der Waals surface area contributed by atoms with Gasteiger partial charge >= 0.3 is 0 Å². The molecule has 1 aromatic rings. The highest BCUT2D eigenvalue weighted by atomic mass is 19.1. The molecular formula is C17H26F2N2. The average molecular weight is 296 g/mol. The number of nitrogens with zero attached hydrogens (tertiary/aromatic N) is 1. The van der Waals surface area contributed by atoms with E-state index in [4.69, 9.17) is 0 Å². The maximum absolute atomic E-state index is 13.9. The fourth-order valence-electron chi connectivity index (χ4n) is 3.48. The lowest BCUT2D eigenvalue weighted by molar-refractivity contribution is 0.0866. The number of halogens is 2. The third kappa shape index (κ3) is 3.27. The normalized spacial score (nSPS) is 20.4. The van der Waals surface area contributed by atoms with Gasteiger partial charge in [-0.15, -0.1) is 0 Å². The maximum Gasteiger partial charge on any atom is 0.129 e. The van der Waals surface area contributed by atoms with Gasteiger partial charge in [0.15, 0.2) is 0 Å². The van der Waals surface area contributed by atoms with Crippen LogP contribution in [-0.2, 0) is 6.42 Å². The second kappa shape index (κ2) is 6.84. The Morgan fingerprint density at radius 1 is 1.24 bits per heavy atom. The molecule has 1 saturated heterocycles. The quantitative estimate of drug-likeness (QED) is 0.866. The Balaban J connectivity index is 2.25. The number of benzene rings is 1. The molecule has 2 nitrogen and oxygen atoms in total. The van der Waals surface area contributed by atoms with E-state index in [-0.39, 0.29) is 17.1 Å². The van der Waals surface area contributed by atoms with Gasteiger partial charge in [-0.05, 0) is 64.9 Å². The van der Waals surface area contributed by atoms with E-state index in [1.807, 2.05) is 7.05 Å². The number of rotatable bonds is 6. The van der Waals surface area contributed by atoms with Crippen molar-refractivity contribution in [2.24, 2.45) is 0 Å². The zero-order valence-electron chi connectivity index (χ0n) is 13.3. The van der Waals surface area contributed by atoms with Crippen LogP contribution >= 0.6 is 0 Å². The molecule has 2 unspecified atom stereocenters. The summed E-state index contributed by atoms with van der Waals surface area (Å²) in [5.41, 5.74) is 0.107. The molecule has 1 aromatic carbocycles. The van der Waals surface area contributed by atoms with Crippen LogP contribution in [0.25, 0.3) is 0 Å². The van der Waals surface area contributed by atoms with Crippen LogP contribution in [-0.4, -0.2) is 36.6 Å². The van der Waals surface area contributed by atoms with Crippen molar-refractivity contribution in [3.63, 3.8) is 0 Å². The van der Waals surface area contributed by atoms with Crippen molar-refractivity contribution in [2.45, 2.75) is 51.1 Å². The van der Waals surface area contributed by atoms with Crippen molar-refractivity contribution in [3.05, 3.63) is 35.4 Å². The van der Waals surface area contributed by atoms with Crippen LogP contribution in [0.15, 0.2) is 18.2 Å². The highest BCUT2D eigenvalue weighted by molar-refractivity contribution is 5.22. The first kappa shape index (κ1) is 16.4. The zero-order chi connectivity index (χ0) is 15.5. The smallest absolute Gasteiger partial charge is 0.129 e. The summed E-state index contributed by atoms with van der Waals surface area (Å²) in [7, 11) is 1.88. The Labute approximate surface area is 126 Å². The van der Waals surface area contributed by atoms with Gasteiger partial charge in [-0.1, -0.05) is 13.0 Å². The Hall–Kier alpha value is -1.00. The van der Waals surface area contributed by atoms with E-state index in [1.165, 1.54) is 31.0 Å². The lowest BCUT2D eigenvalue weighted by Gasteiger charge is -2.44. The second-order valence-corrected chi connectivity index (χ2v) is 6.15. The first-order valence-electron chi connectivity index (χ1n) is 7.88. The van der Waals surface area contributed by atoms with Gasteiger partial charge in [-0.2, -0.15) is 0 Å². The SMILES string of the molecule is CCC(C)(C(Cc1c(F)cccc1F)NC)N1CCCC1. The van der Waals surface area contributed by atoms with E-state index >= 15 is 0 Å². The summed E-state index contributed by atoms with van der Waals surface area (Å²) in [6, 6.07) is 4.11. The van der Waals surface area contributed by atoms with Gasteiger partial charge < -0.3 is 5.32 Å². The molecule has 118 valence electrons. The minimum absolute atomic E-state index is 0.0204. The Bertz CT molecular complexity index is 452. The molecule has 4 heteroatoms. The summed E-state index contributed by atoms with van der Waals surface area (Å²) in [6.45, 7) is 6.50. The minimum Gasteiger partial charge on any atom is -0.315 e. The fraction of sp³-hybridized carbons (Fsp3) is 0.647. The predicted octanol–water partition coefficient (Wildman–Crippen LogP) is 3.36. The first-order chi connectivity index (χ1) is 10.0. The largest absolute Gasteiger partial charge is 0.315 e. The Morgan fingerprint density at radius 2 is 1.81 bits per heavy atom. The van der Waals surface area contributed by atoms with Crippen molar-refractivity contribution >= 4 is 0 Å². The summed E-state index contributed by atoms with van der Waals surface area (Å²) < 4.78 is 27.9. The minimum atomic E-state index is -0.449. The van der Waals surface area contributed by atoms with Gasteiger partial charge in [0.25, 0.3) is 0 Å². The topological polar surface area (TPSA) is 15.3 Å². The molecule has 0 bridgehead atoms. The molecule has 0 aromatic heterocycles. The van der Waals surface area contributed by atoms with Crippen molar-refractivity contribution in [1.29, 1.82) is 0 Å². The lowest BCUT2D eigenvalue weighted by Crippen LogP contribution is -2.58. The predicted molar refractivity (Wildman–Crippen MR) is 82.4 cm³/mol. The first-order valence-corrected chi connectivity index (χ1v) is 7.88. The maximum atomic E-state index is 13.9. The second-order valence-electron chi connectivity index (χ2n) is 6.15. The Kier molecular flexibility index (Phi) is 5.33. The molecule has 0 amide bonds. The van der Waals surface area contributed by atoms with Crippen LogP contribution in [0.5, 0.6) is 0 Å². The van der Waals surface area contributed by atoms with Crippen LogP contribution in [0.4, 0.5) is 8.78 Å². The van der Waals surface area contributed by atoms with E-state index < -0.39 is 11.6 Å². The molecule has 1 aliphatic rings. The van der Waals surface area contributed by atoms with Gasteiger partial charge in [-0.25, -0.2) is 8.78 Å². The van der Waals surface area contributed by atoms with Crippen LogP contribution in [0, 0.1) is 11.6 Å². The van der Waals surface area contributed by atoms with Gasteiger partial charge in [0.05, 0.1) is 0 Å². The monoisotopic (exact) mass is 296 g/mol. The summed E-state index contributed by atoms with van der Waals surface area (Å²) in [6.07, 6.45) is 3.74. The third-order valence-corrected chi connectivity index (χ3v) is 5.11. The van der Waals surface area contributed by atoms with E-state index in [0.717, 1.165) is 19.5 Å². The van der Waals surface area contributed by atoms with Gasteiger partial charge in [-0.3, -0.25) is 4.90 Å². The molecule has 21 heavy (non-hydrogen) atoms. The van der Waals surface area contributed by atoms with Gasteiger partial charge in [0.2, 0.25) is 0 Å². The fourth-order valence-corrected chi connectivity index (χ4v) is 3.48. The van der Waals surface area contributed by atoms with Crippen molar-refractivity contribution < 1.29 is 8.78 Å². The summed E-state index contributed by atoms with van der Waals surface area (Å²) in [5, 5.41) is 3.30. The lowest BCUT2D eigenvalue weighted by atomic mass is 9.83. The van der Waals surface area contributed by atoms with E-state index in [0.29, 0.717) is 6.42 Å². The zero-order valence-corrected chi connectivity index (χ0v) is 13.3. The standard InChI is InChI=1S/C17H26F2N2/c1-4-17(2,21-10-5-6-11-21)16(20-3)12-13-14(18)8-7-9-15(13)19/h7-9,16,20H,4-6,10-12H2,1-3H3. The number of likely N-dealkylation sites (N-methyl/N-ethyl adjacent to an activating group) is 1. The molecule has 2 rings (SSSR count). The third-order valence-electron chi connectivity index (χ3n) is 5.11. The van der Waals surface area contributed by atoms with Gasteiger partial charge in [0, 0.05) is 17.1 Å². The molecule has 0 radical (unpaired) electrons. The van der Waals surface area contributed by atoms with Crippen molar-refractivity contribution in [1.82, 2.24) is 10.2 Å². The molecular weight excluding hydrogens is 270 g/mol. The van der Waals surface area contributed by atoms with Gasteiger partial charge in [0.1, 0.15) is 11.6 Å². The highest BCUT2D eigenvalue weighted by Crippen LogP contribution is 2.30. The van der Waals surface area contributed by atoms with Crippen LogP contribution in [0.3, 0.4) is 0 Å². The van der Waals surface area contributed by atoms with E-state index in [9.17, 15) is 8.78 Å². The molecule has 0 saturated carbocycles. The summed E-state index contributed by atoms with van der Waals surface area (Å²) in [5.74, 6) is -0.898. The highest BCUT2D eigenvalue weighted by Gasteiger charge is 2.39. The molecule has 1 heterocycles. The van der Waals surface area contributed by atoms with Crippen LogP contribution in [0.1, 0.15) is 38.7 Å². The van der Waals surface area contributed by atoms with E-state index in [2.05, 4.69) is 24.1 Å². The number of hydrogen-bond donors (Lipinski definition) is 1. The van der Waals surface area contributed by atoms with Crippen LogP contribution in [0.2, 0.25) is 0 Å². The molecule has 1 N–H and O–H groups in total. The van der Waals surface area contributed by atoms with Crippen LogP contribution < -0.4 is 5.32 Å². The number of likely N-dealkylation sites (tertiary alicyclic amines) is 1. The molecule has 0 spiro atoms. The molecule has 1 aliphatic heterocycles. The summed E-state index contributed by atoms with van der Waals surface area (Å²) in [4.78, 5) is 2.47. The average Bonchev–Trinajstić information content (AvgIpc) is 3.01. The number of nitrogens with one attached hydrogen (secondary N) is 1. The molecule has 1 fully saturated rings. The molecule has 0 aliphatic carbocycles. The number of hydrogen-bond acceptors (Lipinski definition) is 2. The Morgan fingerprint density at radius 3 is 2.29 bits per heavy atom. The van der Waals surface area contributed by atoms with Crippen molar-refractivity contribution in [3.8, 4) is 0 Å².